The average Bonchev–Trinajstić information content (AvgIpc) is 2.42. The number of nitrogens with two attached hydrogens (primary N) is 1. The van der Waals surface area contributed by atoms with Crippen LogP contribution in [0, 0.1) is 0 Å². The molecule has 4 nitrogen and oxygen atoms in total. The van der Waals surface area contributed by atoms with Gasteiger partial charge in [-0.3, -0.25) is 9.69 Å². The van der Waals surface area contributed by atoms with E-state index in [1.165, 1.54) is 0 Å². The summed E-state index contributed by atoms with van der Waals surface area (Å²) < 4.78 is 0. The number of nitrogens with zero attached hydrogens (tertiary/aromatic N) is 2. The number of Topliss-reactive ketones (excluding diaryl/α,β-unsaturated/α-hetero) is 1. The molecule has 19 heavy (non-hydrogen) atoms. The van der Waals surface area contributed by atoms with Gasteiger partial charge in [0.2, 0.25) is 0 Å². The molecule has 4 heteroatoms. The molecule has 0 aliphatic heterocycles. The highest BCUT2D eigenvalue weighted by molar-refractivity contribution is 5.90. The molecule has 0 amide bonds. The molecule has 1 aromatic heterocycles. The van der Waals surface area contributed by atoms with Crippen molar-refractivity contribution in [1.82, 2.24) is 9.88 Å². The summed E-state index contributed by atoms with van der Waals surface area (Å²) in [7, 11) is 0. The molecule has 1 rings (SSSR count). The van der Waals surface area contributed by atoms with Gasteiger partial charge in [-0.25, -0.2) is 4.98 Å². The van der Waals surface area contributed by atoms with Gasteiger partial charge in [0, 0.05) is 18.2 Å². The van der Waals surface area contributed by atoms with Crippen LogP contribution in [0.25, 0.3) is 0 Å². The molecule has 0 spiro atoms. The van der Waals surface area contributed by atoms with E-state index in [-0.39, 0.29) is 5.78 Å². The van der Waals surface area contributed by atoms with Gasteiger partial charge in [0.15, 0.2) is 5.78 Å². The number of anilines is 1. The lowest BCUT2D eigenvalue weighted by Crippen LogP contribution is -2.52. The molecule has 0 aliphatic rings. The third kappa shape index (κ3) is 3.32. The fraction of sp³-hybridized carbons (Fsp3) is 0.600. The van der Waals surface area contributed by atoms with Crippen molar-refractivity contribution in [3.8, 4) is 0 Å². The molecule has 0 saturated carbocycles. The van der Waals surface area contributed by atoms with Crippen molar-refractivity contribution in [2.24, 2.45) is 0 Å². The highest BCUT2D eigenvalue weighted by Gasteiger charge is 2.35. The van der Waals surface area contributed by atoms with Gasteiger partial charge >= 0.3 is 0 Å². The van der Waals surface area contributed by atoms with Crippen LogP contribution in [0.2, 0.25) is 0 Å². The number of pyridine rings is 1. The SMILES string of the molecule is CCN(CC)C(C)(CC)C(=O)Cc1cccnc1N. The Morgan fingerprint density at radius 1 is 1.37 bits per heavy atom. The maximum absolute atomic E-state index is 12.7. The zero-order valence-corrected chi connectivity index (χ0v) is 12.4. The number of carbonyl (C=O) groups is 1. The van der Waals surface area contributed by atoms with Crippen LogP contribution in [0.5, 0.6) is 0 Å². The quantitative estimate of drug-likeness (QED) is 0.820. The van der Waals surface area contributed by atoms with Crippen molar-refractivity contribution in [2.75, 3.05) is 18.8 Å². The van der Waals surface area contributed by atoms with E-state index >= 15 is 0 Å². The number of aromatic nitrogens is 1. The van der Waals surface area contributed by atoms with E-state index in [9.17, 15) is 4.79 Å². The number of hydrogen-bond donors (Lipinski definition) is 1. The topological polar surface area (TPSA) is 59.2 Å². The fourth-order valence-corrected chi connectivity index (χ4v) is 2.48. The van der Waals surface area contributed by atoms with Crippen molar-refractivity contribution >= 4 is 11.6 Å². The third-order valence-electron chi connectivity index (χ3n) is 4.03. The maximum atomic E-state index is 12.7. The van der Waals surface area contributed by atoms with Crippen LogP contribution in [0.4, 0.5) is 5.82 Å². The number of rotatable bonds is 7. The van der Waals surface area contributed by atoms with Gasteiger partial charge in [0.1, 0.15) is 5.82 Å². The highest BCUT2D eigenvalue weighted by atomic mass is 16.1. The van der Waals surface area contributed by atoms with Gasteiger partial charge in [0.25, 0.3) is 0 Å². The molecule has 0 saturated heterocycles. The van der Waals surface area contributed by atoms with Crippen LogP contribution in [0.15, 0.2) is 18.3 Å². The van der Waals surface area contributed by atoms with Gasteiger partial charge in [-0.2, -0.15) is 0 Å². The summed E-state index contributed by atoms with van der Waals surface area (Å²) in [5.41, 5.74) is 6.21. The van der Waals surface area contributed by atoms with E-state index in [4.69, 9.17) is 5.73 Å². The predicted molar refractivity (Wildman–Crippen MR) is 79.0 cm³/mol. The molecule has 1 aromatic rings. The minimum absolute atomic E-state index is 0.207. The van der Waals surface area contributed by atoms with Gasteiger partial charge in [-0.05, 0) is 32.5 Å². The molecule has 0 aliphatic carbocycles. The second-order valence-electron chi connectivity index (χ2n) is 4.95. The third-order valence-corrected chi connectivity index (χ3v) is 4.03. The Balaban J connectivity index is 2.94. The van der Waals surface area contributed by atoms with Gasteiger partial charge in [-0.1, -0.05) is 26.8 Å². The number of ketones is 1. The Bertz CT molecular complexity index is 429. The first-order valence-corrected chi connectivity index (χ1v) is 6.97. The Morgan fingerprint density at radius 2 is 2.00 bits per heavy atom. The van der Waals surface area contributed by atoms with Crippen LogP contribution >= 0.6 is 0 Å². The van der Waals surface area contributed by atoms with Crippen LogP contribution in [-0.2, 0) is 11.2 Å². The molecular formula is C15H25N3O. The van der Waals surface area contributed by atoms with E-state index in [1.807, 2.05) is 19.1 Å². The summed E-state index contributed by atoms with van der Waals surface area (Å²) in [6.45, 7) is 9.99. The van der Waals surface area contributed by atoms with Crippen molar-refractivity contribution in [2.45, 2.75) is 46.1 Å². The molecular weight excluding hydrogens is 238 g/mol. The monoisotopic (exact) mass is 263 g/mol. The second-order valence-corrected chi connectivity index (χ2v) is 4.95. The lowest BCUT2D eigenvalue weighted by Gasteiger charge is -2.38. The van der Waals surface area contributed by atoms with E-state index in [0.29, 0.717) is 12.2 Å². The number of carbonyl (C=O) groups excluding carboxylic acids is 1. The van der Waals surface area contributed by atoms with E-state index in [2.05, 4.69) is 30.7 Å². The minimum Gasteiger partial charge on any atom is -0.383 e. The molecule has 1 heterocycles. The van der Waals surface area contributed by atoms with Crippen LogP contribution in [0.1, 0.15) is 39.7 Å². The normalized spacial score (nSPS) is 14.4. The van der Waals surface area contributed by atoms with Gasteiger partial charge in [-0.15, -0.1) is 0 Å². The van der Waals surface area contributed by atoms with Gasteiger partial charge in [0.05, 0.1) is 5.54 Å². The Hall–Kier alpha value is -1.42. The molecule has 0 aromatic carbocycles. The summed E-state index contributed by atoms with van der Waals surface area (Å²) in [5.74, 6) is 0.659. The zero-order chi connectivity index (χ0) is 14.5. The van der Waals surface area contributed by atoms with E-state index in [1.54, 1.807) is 6.20 Å². The number of nitrogen functional groups attached to an aromatic ring is 1. The number of hydrogen-bond acceptors (Lipinski definition) is 4. The average molecular weight is 263 g/mol. The zero-order valence-electron chi connectivity index (χ0n) is 12.4. The smallest absolute Gasteiger partial charge is 0.157 e. The fourth-order valence-electron chi connectivity index (χ4n) is 2.48. The summed E-state index contributed by atoms with van der Waals surface area (Å²) in [6.07, 6.45) is 2.79. The first kappa shape index (κ1) is 15.6. The summed E-state index contributed by atoms with van der Waals surface area (Å²) >= 11 is 0. The van der Waals surface area contributed by atoms with Crippen molar-refractivity contribution in [3.63, 3.8) is 0 Å². The van der Waals surface area contributed by atoms with Crippen molar-refractivity contribution < 1.29 is 4.79 Å². The lowest BCUT2D eigenvalue weighted by molar-refractivity contribution is -0.129. The molecule has 1 unspecified atom stereocenters. The Kier molecular flexibility index (Phi) is 5.48. The molecule has 0 bridgehead atoms. The summed E-state index contributed by atoms with van der Waals surface area (Å²) in [4.78, 5) is 18.9. The maximum Gasteiger partial charge on any atom is 0.157 e. The molecule has 2 N–H and O–H groups in total. The summed E-state index contributed by atoms with van der Waals surface area (Å²) in [6, 6.07) is 3.69. The first-order chi connectivity index (χ1) is 8.99. The minimum atomic E-state index is -0.425. The largest absolute Gasteiger partial charge is 0.383 e. The Labute approximate surface area is 116 Å². The van der Waals surface area contributed by atoms with Gasteiger partial charge < -0.3 is 5.73 Å². The van der Waals surface area contributed by atoms with E-state index in [0.717, 1.165) is 25.1 Å². The Morgan fingerprint density at radius 3 is 2.47 bits per heavy atom. The molecule has 1 atom stereocenters. The van der Waals surface area contributed by atoms with Crippen molar-refractivity contribution in [1.29, 1.82) is 0 Å². The standard InChI is InChI=1S/C15H25N3O/c1-5-15(4,18(6-2)7-3)13(19)11-12-9-8-10-17-14(12)16/h8-10H,5-7,11H2,1-4H3,(H2,16,17). The first-order valence-electron chi connectivity index (χ1n) is 6.97. The van der Waals surface area contributed by atoms with E-state index < -0.39 is 5.54 Å². The van der Waals surface area contributed by atoms with Crippen molar-refractivity contribution in [3.05, 3.63) is 23.9 Å². The molecule has 106 valence electrons. The predicted octanol–water partition coefficient (Wildman–Crippen LogP) is 2.29. The molecule has 0 fully saturated rings. The van der Waals surface area contributed by atoms with Crippen LogP contribution < -0.4 is 5.73 Å². The van der Waals surface area contributed by atoms with Crippen LogP contribution in [-0.4, -0.2) is 34.3 Å². The lowest BCUT2D eigenvalue weighted by atomic mass is 9.87. The number of likely N-dealkylation sites (N-methyl/N-ethyl adjacent to an activating group) is 1. The van der Waals surface area contributed by atoms with Crippen LogP contribution in [0.3, 0.4) is 0 Å². The highest BCUT2D eigenvalue weighted by Crippen LogP contribution is 2.23. The summed E-state index contributed by atoms with van der Waals surface area (Å²) in [5, 5.41) is 0. The second kappa shape index (κ2) is 6.66. The molecule has 0 radical (unpaired) electrons.